The molecule has 20 heavy (non-hydrogen) atoms. The molecule has 3 nitrogen and oxygen atoms in total. The first kappa shape index (κ1) is 14.7. The van der Waals surface area contributed by atoms with Gasteiger partial charge in [0.25, 0.3) is 0 Å². The van der Waals surface area contributed by atoms with Crippen LogP contribution in [0.5, 0.6) is 5.75 Å². The van der Waals surface area contributed by atoms with Crippen molar-refractivity contribution in [2.75, 3.05) is 12.4 Å². The molecule has 0 aliphatic rings. The Hall–Kier alpha value is -1.70. The third-order valence-corrected chi connectivity index (χ3v) is 4.02. The Morgan fingerprint density at radius 3 is 2.50 bits per heavy atom. The van der Waals surface area contributed by atoms with Crippen LogP contribution in [0.15, 0.2) is 46.9 Å². The average molecular weight is 352 g/mol. The summed E-state index contributed by atoms with van der Waals surface area (Å²) < 4.78 is 5.87. The number of hydrogen-bond acceptors (Lipinski definition) is 3. The monoisotopic (exact) mass is 350 g/mol. The minimum absolute atomic E-state index is 0.447. The number of halogens is 2. The summed E-state index contributed by atoms with van der Waals surface area (Å²) in [5.41, 5.74) is 1.70. The van der Waals surface area contributed by atoms with Crippen molar-refractivity contribution < 1.29 is 4.74 Å². The summed E-state index contributed by atoms with van der Waals surface area (Å²) >= 11 is 9.32. The molecule has 0 fully saturated rings. The third-order valence-electron chi connectivity index (χ3n) is 2.81. The first-order valence-electron chi connectivity index (χ1n) is 5.89. The molecule has 0 heterocycles. The van der Waals surface area contributed by atoms with Gasteiger partial charge in [0.2, 0.25) is 0 Å². The SMILES string of the molecule is COc1ccc(NC(C#N)c2ccc(Cl)c(Br)c2)cc1. The normalized spacial score (nSPS) is 11.5. The number of benzene rings is 2. The van der Waals surface area contributed by atoms with Crippen LogP contribution in [0.1, 0.15) is 11.6 Å². The fourth-order valence-corrected chi connectivity index (χ4v) is 2.25. The van der Waals surface area contributed by atoms with Crippen LogP contribution in [0.25, 0.3) is 0 Å². The van der Waals surface area contributed by atoms with E-state index in [9.17, 15) is 5.26 Å². The molecule has 1 atom stereocenters. The number of nitriles is 1. The van der Waals surface area contributed by atoms with E-state index < -0.39 is 6.04 Å². The number of hydrogen-bond donors (Lipinski definition) is 1. The molecule has 1 unspecified atom stereocenters. The van der Waals surface area contributed by atoms with Crippen LogP contribution in [-0.4, -0.2) is 7.11 Å². The largest absolute Gasteiger partial charge is 0.497 e. The fraction of sp³-hybridized carbons (Fsp3) is 0.133. The molecule has 5 heteroatoms. The van der Waals surface area contributed by atoms with Gasteiger partial charge in [-0.3, -0.25) is 0 Å². The number of rotatable bonds is 4. The molecule has 0 saturated carbocycles. The van der Waals surface area contributed by atoms with Gasteiger partial charge in [-0.15, -0.1) is 0 Å². The van der Waals surface area contributed by atoms with Crippen molar-refractivity contribution in [3.63, 3.8) is 0 Å². The van der Waals surface area contributed by atoms with E-state index in [4.69, 9.17) is 16.3 Å². The highest BCUT2D eigenvalue weighted by molar-refractivity contribution is 9.10. The zero-order valence-electron chi connectivity index (χ0n) is 10.7. The highest BCUT2D eigenvalue weighted by Gasteiger charge is 2.11. The number of anilines is 1. The highest BCUT2D eigenvalue weighted by atomic mass is 79.9. The van der Waals surface area contributed by atoms with Gasteiger partial charge < -0.3 is 10.1 Å². The summed E-state index contributed by atoms with van der Waals surface area (Å²) in [5.74, 6) is 0.776. The molecule has 102 valence electrons. The molecule has 0 radical (unpaired) electrons. The Bertz CT molecular complexity index is 637. The molecule has 0 aliphatic carbocycles. The predicted octanol–water partition coefficient (Wildman–Crippen LogP) is 4.79. The Morgan fingerprint density at radius 2 is 1.95 bits per heavy atom. The standard InChI is InChI=1S/C15H12BrClN2O/c1-20-12-5-3-11(4-6-12)19-15(9-18)10-2-7-14(17)13(16)8-10/h2-8,15,19H,1H3. The van der Waals surface area contributed by atoms with Gasteiger partial charge in [0, 0.05) is 10.2 Å². The van der Waals surface area contributed by atoms with Crippen molar-refractivity contribution in [1.82, 2.24) is 0 Å². The Kier molecular flexibility index (Phi) is 4.89. The van der Waals surface area contributed by atoms with E-state index in [1.807, 2.05) is 36.4 Å². The first-order chi connectivity index (χ1) is 9.63. The maximum atomic E-state index is 9.32. The maximum absolute atomic E-state index is 9.32. The van der Waals surface area contributed by atoms with Crippen molar-refractivity contribution in [2.24, 2.45) is 0 Å². The number of ether oxygens (including phenoxy) is 1. The van der Waals surface area contributed by atoms with Crippen LogP contribution < -0.4 is 10.1 Å². The molecule has 2 aromatic rings. The lowest BCUT2D eigenvalue weighted by Crippen LogP contribution is -2.08. The van der Waals surface area contributed by atoms with E-state index >= 15 is 0 Å². The molecule has 0 aromatic heterocycles. The predicted molar refractivity (Wildman–Crippen MR) is 84.1 cm³/mol. The molecule has 2 aromatic carbocycles. The van der Waals surface area contributed by atoms with Crippen molar-refractivity contribution >= 4 is 33.2 Å². The Labute approximate surface area is 131 Å². The number of nitrogens with zero attached hydrogens (tertiary/aromatic N) is 1. The summed E-state index contributed by atoms with van der Waals surface area (Å²) in [6.45, 7) is 0. The van der Waals surface area contributed by atoms with Gasteiger partial charge in [0.05, 0.1) is 18.2 Å². The molecular formula is C15H12BrClN2O. The van der Waals surface area contributed by atoms with Crippen LogP contribution >= 0.6 is 27.5 Å². The summed E-state index contributed by atoms with van der Waals surface area (Å²) in [4.78, 5) is 0. The summed E-state index contributed by atoms with van der Waals surface area (Å²) in [6, 6.07) is 14.6. The lowest BCUT2D eigenvalue weighted by atomic mass is 10.1. The number of methoxy groups -OCH3 is 1. The van der Waals surface area contributed by atoms with Crippen molar-refractivity contribution in [3.8, 4) is 11.8 Å². The fourth-order valence-electron chi connectivity index (χ4n) is 1.74. The molecule has 0 amide bonds. The lowest BCUT2D eigenvalue weighted by Gasteiger charge is -2.14. The van der Waals surface area contributed by atoms with E-state index in [1.165, 1.54) is 0 Å². The molecular weight excluding hydrogens is 340 g/mol. The molecule has 0 bridgehead atoms. The zero-order valence-corrected chi connectivity index (χ0v) is 13.1. The topological polar surface area (TPSA) is 45.0 Å². The van der Waals surface area contributed by atoms with Gasteiger partial charge in [-0.25, -0.2) is 0 Å². The zero-order chi connectivity index (χ0) is 14.5. The average Bonchev–Trinajstić information content (AvgIpc) is 2.48. The smallest absolute Gasteiger partial charge is 0.140 e. The lowest BCUT2D eigenvalue weighted by molar-refractivity contribution is 0.415. The van der Waals surface area contributed by atoms with Crippen molar-refractivity contribution in [3.05, 3.63) is 57.5 Å². The van der Waals surface area contributed by atoms with Crippen LogP contribution in [0.3, 0.4) is 0 Å². The van der Waals surface area contributed by atoms with Gasteiger partial charge >= 0.3 is 0 Å². The second kappa shape index (κ2) is 6.65. The molecule has 0 spiro atoms. The van der Waals surface area contributed by atoms with Crippen molar-refractivity contribution in [1.29, 1.82) is 5.26 Å². The van der Waals surface area contributed by atoms with Gasteiger partial charge in [-0.2, -0.15) is 5.26 Å². The van der Waals surface area contributed by atoms with Gasteiger partial charge in [0.15, 0.2) is 0 Å². The maximum Gasteiger partial charge on any atom is 0.140 e. The summed E-state index contributed by atoms with van der Waals surface area (Å²) in [6.07, 6.45) is 0. The van der Waals surface area contributed by atoms with Gasteiger partial charge in [-0.1, -0.05) is 17.7 Å². The second-order valence-electron chi connectivity index (χ2n) is 4.11. The second-order valence-corrected chi connectivity index (χ2v) is 5.37. The quantitative estimate of drug-likeness (QED) is 0.861. The van der Waals surface area contributed by atoms with E-state index in [0.29, 0.717) is 5.02 Å². The van der Waals surface area contributed by atoms with Crippen LogP contribution in [0.4, 0.5) is 5.69 Å². The minimum Gasteiger partial charge on any atom is -0.497 e. The Morgan fingerprint density at radius 1 is 1.25 bits per heavy atom. The number of nitrogens with one attached hydrogen (secondary N) is 1. The molecule has 0 saturated heterocycles. The van der Waals surface area contributed by atoms with Crippen LogP contribution in [-0.2, 0) is 0 Å². The molecule has 2 rings (SSSR count). The highest BCUT2D eigenvalue weighted by Crippen LogP contribution is 2.28. The minimum atomic E-state index is -0.447. The van der Waals surface area contributed by atoms with Gasteiger partial charge in [0.1, 0.15) is 11.8 Å². The van der Waals surface area contributed by atoms with Crippen molar-refractivity contribution in [2.45, 2.75) is 6.04 Å². The molecule has 1 N–H and O–H groups in total. The van der Waals surface area contributed by atoms with E-state index in [-0.39, 0.29) is 0 Å². The first-order valence-corrected chi connectivity index (χ1v) is 7.06. The van der Waals surface area contributed by atoms with Gasteiger partial charge in [-0.05, 0) is 57.9 Å². The van der Waals surface area contributed by atoms with Crippen LogP contribution in [0, 0.1) is 11.3 Å². The summed E-state index contributed by atoms with van der Waals surface area (Å²) in [7, 11) is 1.62. The van der Waals surface area contributed by atoms with E-state index in [2.05, 4.69) is 27.3 Å². The summed E-state index contributed by atoms with van der Waals surface area (Å²) in [5, 5.41) is 13.1. The Balaban J connectivity index is 2.19. The van der Waals surface area contributed by atoms with E-state index in [0.717, 1.165) is 21.5 Å². The molecule has 0 aliphatic heterocycles. The third kappa shape index (κ3) is 3.44. The van der Waals surface area contributed by atoms with Crippen LogP contribution in [0.2, 0.25) is 5.02 Å². The van der Waals surface area contributed by atoms with E-state index in [1.54, 1.807) is 13.2 Å².